The molecule has 0 saturated heterocycles. The number of carbonyl (C=O) groups is 1. The molecular formula is C16H16O4. The van der Waals surface area contributed by atoms with Crippen molar-refractivity contribution in [3.8, 4) is 11.5 Å². The third-order valence-electron chi connectivity index (χ3n) is 2.86. The highest BCUT2D eigenvalue weighted by Crippen LogP contribution is 2.24. The number of aromatic hydroxyl groups is 1. The van der Waals surface area contributed by atoms with Crippen LogP contribution in [0.5, 0.6) is 11.5 Å². The molecule has 0 aliphatic heterocycles. The van der Waals surface area contributed by atoms with Gasteiger partial charge in [0.15, 0.2) is 5.78 Å². The molecular weight excluding hydrogens is 256 g/mol. The van der Waals surface area contributed by atoms with E-state index in [0.29, 0.717) is 16.9 Å². The molecule has 4 heteroatoms. The number of carbonyl (C=O) groups excluding carboxylic acids is 1. The number of rotatable bonds is 6. The van der Waals surface area contributed by atoms with Crippen molar-refractivity contribution in [2.75, 3.05) is 13.2 Å². The predicted octanol–water partition coefficient (Wildman–Crippen LogP) is 2.19. The van der Waals surface area contributed by atoms with Crippen LogP contribution >= 0.6 is 0 Å². The molecule has 0 saturated carbocycles. The lowest BCUT2D eigenvalue weighted by Crippen LogP contribution is -2.04. The van der Waals surface area contributed by atoms with E-state index in [9.17, 15) is 9.90 Å². The molecule has 0 atom stereocenters. The van der Waals surface area contributed by atoms with Gasteiger partial charge in [-0.15, -0.1) is 0 Å². The predicted molar refractivity (Wildman–Crippen MR) is 75.2 cm³/mol. The summed E-state index contributed by atoms with van der Waals surface area (Å²) in [5.74, 6) is 0.433. The van der Waals surface area contributed by atoms with Gasteiger partial charge in [0.2, 0.25) is 0 Å². The highest BCUT2D eigenvalue weighted by molar-refractivity contribution is 5.97. The van der Waals surface area contributed by atoms with E-state index >= 15 is 0 Å². The number of ketones is 1. The Balaban J connectivity index is 2.08. The molecule has 2 aromatic rings. The number of Topliss-reactive ketones (excluding diaryl/α,β-unsaturated/α-hetero) is 1. The second-order valence-corrected chi connectivity index (χ2v) is 4.33. The molecule has 0 spiro atoms. The Morgan fingerprint density at radius 3 is 2.50 bits per heavy atom. The monoisotopic (exact) mass is 272 g/mol. The minimum absolute atomic E-state index is 0.0183. The van der Waals surface area contributed by atoms with Crippen LogP contribution in [0.25, 0.3) is 0 Å². The number of hydrogen-bond donors (Lipinski definition) is 2. The number of hydrogen-bond acceptors (Lipinski definition) is 4. The van der Waals surface area contributed by atoms with Crippen molar-refractivity contribution in [1.82, 2.24) is 0 Å². The summed E-state index contributed by atoms with van der Waals surface area (Å²) >= 11 is 0. The number of aliphatic hydroxyl groups excluding tert-OH is 1. The zero-order chi connectivity index (χ0) is 14.4. The van der Waals surface area contributed by atoms with Gasteiger partial charge in [-0.1, -0.05) is 36.4 Å². The highest BCUT2D eigenvalue weighted by Gasteiger charge is 2.10. The Morgan fingerprint density at radius 2 is 1.85 bits per heavy atom. The molecule has 0 amide bonds. The fraction of sp³-hybridized carbons (Fsp3) is 0.188. The first-order chi connectivity index (χ1) is 9.70. The lowest BCUT2D eigenvalue weighted by Gasteiger charge is -2.08. The summed E-state index contributed by atoms with van der Waals surface area (Å²) in [7, 11) is 0. The molecule has 0 unspecified atom stereocenters. The summed E-state index contributed by atoms with van der Waals surface area (Å²) in [5.41, 5.74) is 1.17. The van der Waals surface area contributed by atoms with Crippen LogP contribution in [0.4, 0.5) is 0 Å². The van der Waals surface area contributed by atoms with Crippen molar-refractivity contribution in [2.24, 2.45) is 0 Å². The van der Waals surface area contributed by atoms with Gasteiger partial charge < -0.3 is 14.9 Å². The van der Waals surface area contributed by atoms with E-state index < -0.39 is 0 Å². The second kappa shape index (κ2) is 6.73. The second-order valence-electron chi connectivity index (χ2n) is 4.33. The molecule has 0 bridgehead atoms. The summed E-state index contributed by atoms with van der Waals surface area (Å²) in [6.45, 7) is 0.0801. The van der Waals surface area contributed by atoms with Gasteiger partial charge in [0.1, 0.15) is 18.1 Å². The number of phenolic OH excluding ortho intramolecular Hbond substituents is 1. The van der Waals surface area contributed by atoms with Crippen molar-refractivity contribution in [1.29, 1.82) is 0 Å². The maximum absolute atomic E-state index is 12.0. The number of phenols is 1. The van der Waals surface area contributed by atoms with Crippen LogP contribution in [-0.2, 0) is 6.42 Å². The van der Waals surface area contributed by atoms with Gasteiger partial charge in [-0.3, -0.25) is 4.79 Å². The number of benzene rings is 2. The van der Waals surface area contributed by atoms with E-state index in [-0.39, 0.29) is 31.2 Å². The summed E-state index contributed by atoms with van der Waals surface area (Å²) in [6.07, 6.45) is 0.135. The van der Waals surface area contributed by atoms with E-state index in [0.717, 1.165) is 0 Å². The molecule has 0 aliphatic rings. The summed E-state index contributed by atoms with van der Waals surface area (Å²) < 4.78 is 5.19. The lowest BCUT2D eigenvalue weighted by atomic mass is 10.0. The van der Waals surface area contributed by atoms with Crippen molar-refractivity contribution in [2.45, 2.75) is 6.42 Å². The van der Waals surface area contributed by atoms with Crippen LogP contribution in [0, 0.1) is 0 Å². The third-order valence-corrected chi connectivity index (χ3v) is 2.86. The molecule has 0 radical (unpaired) electrons. The van der Waals surface area contributed by atoms with Gasteiger partial charge in [-0.25, -0.2) is 0 Å². The van der Waals surface area contributed by atoms with Crippen LogP contribution in [0.15, 0.2) is 48.5 Å². The van der Waals surface area contributed by atoms with Gasteiger partial charge in [-0.05, 0) is 6.07 Å². The quantitative estimate of drug-likeness (QED) is 0.791. The zero-order valence-corrected chi connectivity index (χ0v) is 11.0. The van der Waals surface area contributed by atoms with Gasteiger partial charge in [0.05, 0.1) is 6.61 Å². The van der Waals surface area contributed by atoms with E-state index in [2.05, 4.69) is 0 Å². The van der Waals surface area contributed by atoms with Crippen LogP contribution in [0.1, 0.15) is 15.9 Å². The lowest BCUT2D eigenvalue weighted by molar-refractivity contribution is 0.0992. The van der Waals surface area contributed by atoms with Crippen molar-refractivity contribution in [3.05, 3.63) is 59.7 Å². The fourth-order valence-electron chi connectivity index (χ4n) is 1.85. The molecule has 4 nitrogen and oxygen atoms in total. The normalized spacial score (nSPS) is 10.2. The summed E-state index contributed by atoms with van der Waals surface area (Å²) in [4.78, 5) is 12.0. The smallest absolute Gasteiger partial charge is 0.167 e. The number of ether oxygens (including phenoxy) is 1. The maximum Gasteiger partial charge on any atom is 0.167 e. The van der Waals surface area contributed by atoms with Crippen LogP contribution in [-0.4, -0.2) is 29.2 Å². The average molecular weight is 272 g/mol. The third kappa shape index (κ3) is 3.59. The average Bonchev–Trinajstić information content (AvgIpc) is 2.48. The molecule has 20 heavy (non-hydrogen) atoms. The summed E-state index contributed by atoms with van der Waals surface area (Å²) in [5, 5.41) is 18.6. The molecule has 0 fully saturated rings. The Bertz CT molecular complexity index is 578. The molecule has 104 valence electrons. The molecule has 0 heterocycles. The minimum atomic E-state index is -0.0883. The summed E-state index contributed by atoms with van der Waals surface area (Å²) in [6, 6.07) is 13.7. The van der Waals surface area contributed by atoms with E-state index in [1.54, 1.807) is 36.4 Å². The van der Waals surface area contributed by atoms with Crippen LogP contribution in [0.2, 0.25) is 0 Å². The Morgan fingerprint density at radius 1 is 1.10 bits per heavy atom. The molecule has 0 aromatic heterocycles. The Labute approximate surface area is 117 Å². The fourth-order valence-corrected chi connectivity index (χ4v) is 1.85. The maximum atomic E-state index is 12.0. The van der Waals surface area contributed by atoms with Gasteiger partial charge >= 0.3 is 0 Å². The Kier molecular flexibility index (Phi) is 4.74. The van der Waals surface area contributed by atoms with Gasteiger partial charge in [-0.2, -0.15) is 0 Å². The van der Waals surface area contributed by atoms with Crippen molar-refractivity contribution >= 4 is 5.78 Å². The van der Waals surface area contributed by atoms with Gasteiger partial charge in [0.25, 0.3) is 0 Å². The largest absolute Gasteiger partial charge is 0.508 e. The first-order valence-electron chi connectivity index (χ1n) is 6.34. The van der Waals surface area contributed by atoms with Crippen LogP contribution < -0.4 is 4.74 Å². The van der Waals surface area contributed by atoms with Crippen LogP contribution in [0.3, 0.4) is 0 Å². The topological polar surface area (TPSA) is 66.8 Å². The zero-order valence-electron chi connectivity index (χ0n) is 11.0. The molecule has 0 aliphatic carbocycles. The molecule has 2 aromatic carbocycles. The Hall–Kier alpha value is -2.33. The van der Waals surface area contributed by atoms with E-state index in [1.165, 1.54) is 6.07 Å². The molecule has 2 N–H and O–H groups in total. The van der Waals surface area contributed by atoms with E-state index in [4.69, 9.17) is 9.84 Å². The number of aliphatic hydroxyl groups is 1. The van der Waals surface area contributed by atoms with Crippen molar-refractivity contribution in [3.63, 3.8) is 0 Å². The first-order valence-corrected chi connectivity index (χ1v) is 6.34. The SMILES string of the molecule is O=C(Cc1ccc(OCCO)cc1O)c1ccccc1. The van der Waals surface area contributed by atoms with E-state index in [1.807, 2.05) is 6.07 Å². The van der Waals surface area contributed by atoms with Crippen molar-refractivity contribution < 1.29 is 19.7 Å². The minimum Gasteiger partial charge on any atom is -0.508 e. The first kappa shape index (κ1) is 14.1. The van der Waals surface area contributed by atoms with Gasteiger partial charge in [0, 0.05) is 23.6 Å². The standard InChI is InChI=1S/C16H16O4/c17-8-9-20-14-7-6-13(16(19)11-14)10-15(18)12-4-2-1-3-5-12/h1-7,11,17,19H,8-10H2. The highest BCUT2D eigenvalue weighted by atomic mass is 16.5. The molecule has 2 rings (SSSR count).